The van der Waals surface area contributed by atoms with Crippen LogP contribution in [0.15, 0.2) is 18.2 Å². The van der Waals surface area contributed by atoms with Gasteiger partial charge in [-0.1, -0.05) is 17.7 Å². The molecule has 0 radical (unpaired) electrons. The summed E-state index contributed by atoms with van der Waals surface area (Å²) in [5.41, 5.74) is 3.29. The fraction of sp³-hybridized carbons (Fsp3) is 0.632. The van der Waals surface area contributed by atoms with Gasteiger partial charge in [0, 0.05) is 24.8 Å². The van der Waals surface area contributed by atoms with Gasteiger partial charge in [-0.25, -0.2) is 0 Å². The molecular weight excluding hydrogens is 286 g/mol. The summed E-state index contributed by atoms with van der Waals surface area (Å²) in [6.45, 7) is 9.27. The molecule has 1 amide bonds. The number of benzene rings is 1. The van der Waals surface area contributed by atoms with Crippen LogP contribution in [0.4, 0.5) is 5.69 Å². The quantitative estimate of drug-likeness (QED) is 0.928. The van der Waals surface area contributed by atoms with E-state index in [0.29, 0.717) is 6.54 Å². The molecule has 3 rings (SSSR count). The second kappa shape index (κ2) is 7.45. The van der Waals surface area contributed by atoms with Crippen LogP contribution in [0.3, 0.4) is 0 Å². The largest absolute Gasteiger partial charge is 0.325 e. The van der Waals surface area contributed by atoms with Gasteiger partial charge in [-0.15, -0.1) is 0 Å². The molecule has 1 aromatic rings. The number of aryl methyl sites for hydroxylation is 2. The SMILES string of the molecule is Cc1ccc(NC(=O)CN2CCC(N3CCCC3)CC2)c(C)c1. The molecular formula is C19H29N3O. The van der Waals surface area contributed by atoms with Crippen molar-refractivity contribution in [1.82, 2.24) is 9.80 Å². The Kier molecular flexibility index (Phi) is 5.34. The summed E-state index contributed by atoms with van der Waals surface area (Å²) in [5.74, 6) is 0.108. The molecule has 2 aliphatic rings. The Hall–Kier alpha value is -1.39. The Labute approximate surface area is 139 Å². The number of rotatable bonds is 4. The first kappa shape index (κ1) is 16.5. The maximum Gasteiger partial charge on any atom is 0.238 e. The van der Waals surface area contributed by atoms with E-state index in [0.717, 1.165) is 30.4 Å². The van der Waals surface area contributed by atoms with Crippen LogP contribution in [0.5, 0.6) is 0 Å². The Balaban J connectivity index is 1.45. The van der Waals surface area contributed by atoms with Crippen molar-refractivity contribution < 1.29 is 4.79 Å². The van der Waals surface area contributed by atoms with Crippen LogP contribution < -0.4 is 5.32 Å². The van der Waals surface area contributed by atoms with Crippen molar-refractivity contribution >= 4 is 11.6 Å². The van der Waals surface area contributed by atoms with Crippen molar-refractivity contribution in [2.24, 2.45) is 0 Å². The third kappa shape index (κ3) is 4.33. The molecule has 0 unspecified atom stereocenters. The Morgan fingerprint density at radius 2 is 1.83 bits per heavy atom. The number of nitrogens with one attached hydrogen (secondary N) is 1. The number of carbonyl (C=O) groups excluding carboxylic acids is 1. The normalized spacial score (nSPS) is 20.8. The van der Waals surface area contributed by atoms with E-state index in [1.54, 1.807) is 0 Å². The fourth-order valence-corrected chi connectivity index (χ4v) is 3.90. The second-order valence-electron chi connectivity index (χ2n) is 7.12. The third-order valence-electron chi connectivity index (χ3n) is 5.24. The van der Waals surface area contributed by atoms with Crippen LogP contribution in [0.25, 0.3) is 0 Å². The zero-order valence-electron chi connectivity index (χ0n) is 14.5. The van der Waals surface area contributed by atoms with Gasteiger partial charge in [-0.05, 0) is 64.3 Å². The number of likely N-dealkylation sites (tertiary alicyclic amines) is 2. The summed E-state index contributed by atoms with van der Waals surface area (Å²) in [6, 6.07) is 6.90. The van der Waals surface area contributed by atoms with Crippen LogP contribution in [0.2, 0.25) is 0 Å². The highest BCUT2D eigenvalue weighted by Gasteiger charge is 2.26. The van der Waals surface area contributed by atoms with Crippen molar-refractivity contribution in [3.8, 4) is 0 Å². The van der Waals surface area contributed by atoms with Gasteiger partial charge in [0.1, 0.15) is 0 Å². The van der Waals surface area contributed by atoms with Gasteiger partial charge in [0.2, 0.25) is 5.91 Å². The highest BCUT2D eigenvalue weighted by Crippen LogP contribution is 2.21. The number of piperidine rings is 1. The Morgan fingerprint density at radius 1 is 1.13 bits per heavy atom. The number of hydrogen-bond acceptors (Lipinski definition) is 3. The molecule has 0 spiro atoms. The van der Waals surface area contributed by atoms with Crippen molar-refractivity contribution in [1.29, 1.82) is 0 Å². The van der Waals surface area contributed by atoms with Crippen LogP contribution in [-0.2, 0) is 4.79 Å². The Morgan fingerprint density at radius 3 is 2.48 bits per heavy atom. The fourth-order valence-electron chi connectivity index (χ4n) is 3.90. The molecule has 0 bridgehead atoms. The molecule has 2 saturated heterocycles. The molecule has 2 aliphatic heterocycles. The molecule has 2 heterocycles. The van der Waals surface area contributed by atoms with E-state index < -0.39 is 0 Å². The summed E-state index contributed by atoms with van der Waals surface area (Å²) < 4.78 is 0. The van der Waals surface area contributed by atoms with Gasteiger partial charge >= 0.3 is 0 Å². The van der Waals surface area contributed by atoms with Gasteiger partial charge in [0.25, 0.3) is 0 Å². The van der Waals surface area contributed by atoms with Crippen LogP contribution in [-0.4, -0.2) is 54.5 Å². The standard InChI is InChI=1S/C19H29N3O/c1-15-5-6-18(16(2)13-15)20-19(23)14-21-11-7-17(8-12-21)22-9-3-4-10-22/h5-6,13,17H,3-4,7-12,14H2,1-2H3,(H,20,23). The minimum atomic E-state index is 0.108. The minimum Gasteiger partial charge on any atom is -0.325 e. The van der Waals surface area contributed by atoms with Crippen molar-refractivity contribution in [2.75, 3.05) is 38.0 Å². The maximum absolute atomic E-state index is 12.3. The monoisotopic (exact) mass is 315 g/mol. The van der Waals surface area contributed by atoms with Crippen molar-refractivity contribution in [3.63, 3.8) is 0 Å². The number of anilines is 1. The van der Waals surface area contributed by atoms with Gasteiger partial charge in [-0.3, -0.25) is 9.69 Å². The van der Waals surface area contributed by atoms with Gasteiger partial charge in [0.15, 0.2) is 0 Å². The number of nitrogens with zero attached hydrogens (tertiary/aromatic N) is 2. The molecule has 23 heavy (non-hydrogen) atoms. The smallest absolute Gasteiger partial charge is 0.238 e. The number of amides is 1. The summed E-state index contributed by atoms with van der Waals surface area (Å²) in [6.07, 6.45) is 5.13. The van der Waals surface area contributed by atoms with E-state index in [2.05, 4.69) is 28.1 Å². The lowest BCUT2D eigenvalue weighted by molar-refractivity contribution is -0.117. The highest BCUT2D eigenvalue weighted by molar-refractivity contribution is 5.93. The van der Waals surface area contributed by atoms with E-state index in [1.807, 2.05) is 19.1 Å². The predicted octanol–water partition coefficient (Wildman–Crippen LogP) is 2.80. The Bertz CT molecular complexity index is 544. The zero-order chi connectivity index (χ0) is 16.2. The highest BCUT2D eigenvalue weighted by atomic mass is 16.2. The molecule has 2 fully saturated rings. The molecule has 1 N–H and O–H groups in total. The number of carbonyl (C=O) groups is 1. The first-order chi connectivity index (χ1) is 11.1. The molecule has 0 saturated carbocycles. The van der Waals surface area contributed by atoms with E-state index in [1.165, 1.54) is 44.3 Å². The summed E-state index contributed by atoms with van der Waals surface area (Å²) in [5, 5.41) is 3.06. The van der Waals surface area contributed by atoms with Crippen molar-refractivity contribution in [2.45, 2.75) is 45.6 Å². The summed E-state index contributed by atoms with van der Waals surface area (Å²) >= 11 is 0. The molecule has 126 valence electrons. The zero-order valence-corrected chi connectivity index (χ0v) is 14.5. The van der Waals surface area contributed by atoms with E-state index in [-0.39, 0.29) is 5.91 Å². The van der Waals surface area contributed by atoms with E-state index in [9.17, 15) is 4.79 Å². The summed E-state index contributed by atoms with van der Waals surface area (Å²) in [4.78, 5) is 17.2. The van der Waals surface area contributed by atoms with Crippen LogP contribution in [0.1, 0.15) is 36.8 Å². The first-order valence-corrected chi connectivity index (χ1v) is 8.95. The lowest BCUT2D eigenvalue weighted by Gasteiger charge is -2.36. The molecule has 0 atom stereocenters. The molecule has 4 nitrogen and oxygen atoms in total. The van der Waals surface area contributed by atoms with Gasteiger partial charge in [0.05, 0.1) is 6.54 Å². The maximum atomic E-state index is 12.3. The lowest BCUT2D eigenvalue weighted by Crippen LogP contribution is -2.45. The average molecular weight is 315 g/mol. The van der Waals surface area contributed by atoms with Crippen LogP contribution >= 0.6 is 0 Å². The topological polar surface area (TPSA) is 35.6 Å². The lowest BCUT2D eigenvalue weighted by atomic mass is 10.0. The van der Waals surface area contributed by atoms with E-state index >= 15 is 0 Å². The van der Waals surface area contributed by atoms with Gasteiger partial charge < -0.3 is 10.2 Å². The first-order valence-electron chi connectivity index (χ1n) is 8.95. The molecule has 0 aromatic heterocycles. The predicted molar refractivity (Wildman–Crippen MR) is 94.8 cm³/mol. The minimum absolute atomic E-state index is 0.108. The van der Waals surface area contributed by atoms with Crippen molar-refractivity contribution in [3.05, 3.63) is 29.3 Å². The third-order valence-corrected chi connectivity index (χ3v) is 5.24. The van der Waals surface area contributed by atoms with E-state index in [4.69, 9.17) is 0 Å². The second-order valence-corrected chi connectivity index (χ2v) is 7.12. The van der Waals surface area contributed by atoms with Gasteiger partial charge in [-0.2, -0.15) is 0 Å². The summed E-state index contributed by atoms with van der Waals surface area (Å²) in [7, 11) is 0. The molecule has 4 heteroatoms. The number of hydrogen-bond donors (Lipinski definition) is 1. The molecule has 1 aromatic carbocycles. The molecule has 0 aliphatic carbocycles. The van der Waals surface area contributed by atoms with Crippen LogP contribution in [0, 0.1) is 13.8 Å². The average Bonchev–Trinajstić information content (AvgIpc) is 3.05.